The molecule has 0 radical (unpaired) electrons. The van der Waals surface area contributed by atoms with E-state index in [0.717, 1.165) is 24.2 Å². The van der Waals surface area contributed by atoms with Crippen LogP contribution in [0.25, 0.3) is 0 Å². The molecule has 0 amide bonds. The lowest BCUT2D eigenvalue weighted by Gasteiger charge is -2.23. The van der Waals surface area contributed by atoms with Crippen LogP contribution in [0.3, 0.4) is 0 Å². The summed E-state index contributed by atoms with van der Waals surface area (Å²) in [5, 5.41) is 0. The molecule has 1 aromatic carbocycles. The molecule has 0 saturated carbocycles. The Morgan fingerprint density at radius 3 is 2.24 bits per heavy atom. The van der Waals surface area contributed by atoms with Crippen molar-refractivity contribution in [3.63, 3.8) is 0 Å². The average Bonchev–Trinajstić information content (AvgIpc) is 2.54. The molecule has 0 unspecified atom stereocenters. The number of ether oxygens (including phenoxy) is 1. The average molecular weight is 369 g/mol. The standard InChI is InChI=1S/C11H18N2O2S.C8H14O/c1-3-8-9(11(16)10(8)14)13(2)5-7-15-6-4-12;1-6(7(2)9)8(3,4)5/h3-7,12H2,1-2H3;1H2,2-5H3. The second-order valence-corrected chi connectivity index (χ2v) is 7.35. The Balaban J connectivity index is 0.000000547. The molecule has 1 aromatic rings. The largest absolute Gasteiger partial charge is 0.378 e. The molecule has 0 bridgehead atoms. The Labute approximate surface area is 156 Å². The highest BCUT2D eigenvalue weighted by Crippen LogP contribution is 2.23. The van der Waals surface area contributed by atoms with Gasteiger partial charge in [-0.1, -0.05) is 46.5 Å². The van der Waals surface area contributed by atoms with Gasteiger partial charge in [0.05, 0.1) is 18.9 Å². The van der Waals surface area contributed by atoms with Gasteiger partial charge in [-0.25, -0.2) is 0 Å². The molecule has 0 aliphatic rings. The highest BCUT2D eigenvalue weighted by molar-refractivity contribution is 7.71. The van der Waals surface area contributed by atoms with Crippen LogP contribution in [0.15, 0.2) is 16.9 Å². The fourth-order valence-corrected chi connectivity index (χ4v) is 2.59. The van der Waals surface area contributed by atoms with Crippen molar-refractivity contribution >= 4 is 23.7 Å². The fourth-order valence-electron chi connectivity index (χ4n) is 2.19. The van der Waals surface area contributed by atoms with Gasteiger partial charge in [-0.2, -0.15) is 0 Å². The number of hydrogen-bond acceptors (Lipinski definition) is 6. The molecule has 0 aliphatic carbocycles. The van der Waals surface area contributed by atoms with Crippen molar-refractivity contribution in [1.29, 1.82) is 0 Å². The first-order chi connectivity index (χ1) is 11.5. The lowest BCUT2D eigenvalue weighted by molar-refractivity contribution is -0.114. The minimum atomic E-state index is -0.0637. The van der Waals surface area contributed by atoms with Gasteiger partial charge < -0.3 is 15.4 Å². The second kappa shape index (κ2) is 10.6. The summed E-state index contributed by atoms with van der Waals surface area (Å²) >= 11 is 5.04. The predicted octanol–water partition coefficient (Wildman–Crippen LogP) is 2.80. The zero-order chi connectivity index (χ0) is 19.8. The summed E-state index contributed by atoms with van der Waals surface area (Å²) in [7, 11) is 1.93. The van der Waals surface area contributed by atoms with Gasteiger partial charge in [0.15, 0.2) is 5.78 Å². The molecule has 1 rings (SSSR count). The smallest absolute Gasteiger partial charge is 0.204 e. The number of carbonyl (C=O) groups is 1. The number of Topliss-reactive ketones (excluding diaryl/α,β-unsaturated/α-hetero) is 1. The molecule has 0 heterocycles. The maximum atomic E-state index is 11.4. The van der Waals surface area contributed by atoms with E-state index in [-0.39, 0.29) is 16.6 Å². The summed E-state index contributed by atoms with van der Waals surface area (Å²) in [6.07, 6.45) is 0.738. The van der Waals surface area contributed by atoms with Crippen molar-refractivity contribution in [1.82, 2.24) is 0 Å². The first-order valence-corrected chi connectivity index (χ1v) is 8.91. The molecule has 0 fully saturated rings. The van der Waals surface area contributed by atoms with Crippen LogP contribution < -0.4 is 16.1 Å². The first kappa shape index (κ1) is 23.6. The SMILES string of the molecule is C=C(C(C)=O)C(C)(C)C.CCc1c(N(C)CCOCCN)c(=S)c1=O. The van der Waals surface area contributed by atoms with E-state index in [1.54, 1.807) is 6.92 Å². The van der Waals surface area contributed by atoms with Crippen molar-refractivity contribution in [3.05, 3.63) is 32.4 Å². The molecule has 142 valence electrons. The number of ketones is 1. The van der Waals surface area contributed by atoms with E-state index < -0.39 is 0 Å². The van der Waals surface area contributed by atoms with E-state index >= 15 is 0 Å². The summed E-state index contributed by atoms with van der Waals surface area (Å²) in [5.74, 6) is 0.0856. The zero-order valence-electron chi connectivity index (χ0n) is 16.4. The van der Waals surface area contributed by atoms with Crippen LogP contribution in [-0.4, -0.2) is 39.1 Å². The van der Waals surface area contributed by atoms with E-state index in [4.69, 9.17) is 22.7 Å². The minimum Gasteiger partial charge on any atom is -0.378 e. The van der Waals surface area contributed by atoms with E-state index in [1.807, 2.05) is 39.6 Å². The zero-order valence-corrected chi connectivity index (χ0v) is 17.2. The molecule has 25 heavy (non-hydrogen) atoms. The predicted molar refractivity (Wildman–Crippen MR) is 108 cm³/mol. The van der Waals surface area contributed by atoms with Crippen molar-refractivity contribution in [2.75, 3.05) is 38.3 Å². The van der Waals surface area contributed by atoms with Crippen LogP contribution in [-0.2, 0) is 16.0 Å². The molecular formula is C19H32N2O3S. The minimum absolute atomic E-state index is 0.0298. The topological polar surface area (TPSA) is 72.6 Å². The van der Waals surface area contributed by atoms with E-state index in [9.17, 15) is 9.59 Å². The van der Waals surface area contributed by atoms with Crippen LogP contribution in [0.5, 0.6) is 0 Å². The van der Waals surface area contributed by atoms with Gasteiger partial charge in [-0.05, 0) is 24.3 Å². The van der Waals surface area contributed by atoms with Crippen molar-refractivity contribution in [2.24, 2.45) is 11.1 Å². The van der Waals surface area contributed by atoms with Gasteiger partial charge in [0.1, 0.15) is 4.51 Å². The lowest BCUT2D eigenvalue weighted by Crippen LogP contribution is -2.31. The number of nitrogens with two attached hydrogens (primary N) is 1. The first-order valence-electron chi connectivity index (χ1n) is 8.50. The summed E-state index contributed by atoms with van der Waals surface area (Å²) < 4.78 is 5.74. The van der Waals surface area contributed by atoms with E-state index in [1.165, 1.54) is 0 Å². The third-order valence-corrected chi connectivity index (χ3v) is 4.26. The van der Waals surface area contributed by atoms with Crippen LogP contribution in [0, 0.1) is 9.93 Å². The summed E-state index contributed by atoms with van der Waals surface area (Å²) in [6, 6.07) is 0. The molecule has 2 N–H and O–H groups in total. The van der Waals surface area contributed by atoms with Crippen molar-refractivity contribution < 1.29 is 9.53 Å². The number of rotatable bonds is 8. The normalized spacial score (nSPS) is 11.0. The Morgan fingerprint density at radius 2 is 1.88 bits per heavy atom. The highest BCUT2D eigenvalue weighted by Gasteiger charge is 2.19. The molecule has 0 atom stereocenters. The Morgan fingerprint density at radius 1 is 1.32 bits per heavy atom. The number of likely N-dealkylation sites (N-methyl/N-ethyl adjacent to an activating group) is 1. The summed E-state index contributed by atoms with van der Waals surface area (Å²) in [6.45, 7) is 15.6. The number of carbonyl (C=O) groups excluding carboxylic acids is 1. The molecule has 5 nitrogen and oxygen atoms in total. The maximum absolute atomic E-state index is 11.4. The third-order valence-electron chi connectivity index (χ3n) is 3.88. The summed E-state index contributed by atoms with van der Waals surface area (Å²) in [4.78, 5) is 24.1. The Kier molecular flexibility index (Phi) is 10.0. The van der Waals surface area contributed by atoms with Crippen LogP contribution in [0.2, 0.25) is 0 Å². The van der Waals surface area contributed by atoms with E-state index in [2.05, 4.69) is 6.58 Å². The van der Waals surface area contributed by atoms with E-state index in [0.29, 0.717) is 29.8 Å². The van der Waals surface area contributed by atoms with Gasteiger partial charge in [0, 0.05) is 25.7 Å². The number of nitrogens with zero attached hydrogens (tertiary/aromatic N) is 1. The van der Waals surface area contributed by atoms with Crippen LogP contribution in [0.4, 0.5) is 5.69 Å². The van der Waals surface area contributed by atoms with Crippen molar-refractivity contribution in [3.8, 4) is 0 Å². The third kappa shape index (κ3) is 7.18. The molecule has 0 aliphatic heterocycles. The Bertz CT molecular complexity index is 652. The van der Waals surface area contributed by atoms with Gasteiger partial charge in [-0.15, -0.1) is 0 Å². The maximum Gasteiger partial charge on any atom is 0.204 e. The quantitative estimate of drug-likeness (QED) is 0.432. The van der Waals surface area contributed by atoms with Gasteiger partial charge >= 0.3 is 0 Å². The monoisotopic (exact) mass is 368 g/mol. The van der Waals surface area contributed by atoms with Gasteiger partial charge in [0.25, 0.3) is 0 Å². The fraction of sp³-hybridized carbons (Fsp3) is 0.632. The number of hydrogen-bond donors (Lipinski definition) is 1. The highest BCUT2D eigenvalue weighted by atomic mass is 32.1. The van der Waals surface area contributed by atoms with Crippen LogP contribution in [0.1, 0.15) is 40.2 Å². The molecule has 0 spiro atoms. The van der Waals surface area contributed by atoms with Crippen LogP contribution >= 0.6 is 12.2 Å². The molecule has 6 heteroatoms. The molecule has 0 aromatic heterocycles. The second-order valence-electron chi connectivity index (χ2n) is 6.95. The number of anilines is 1. The van der Waals surface area contributed by atoms with Crippen molar-refractivity contribution in [2.45, 2.75) is 41.0 Å². The van der Waals surface area contributed by atoms with Gasteiger partial charge in [0.2, 0.25) is 5.43 Å². The lowest BCUT2D eigenvalue weighted by atomic mass is 9.86. The van der Waals surface area contributed by atoms with Gasteiger partial charge in [-0.3, -0.25) is 9.59 Å². The summed E-state index contributed by atoms with van der Waals surface area (Å²) in [5.41, 5.74) is 7.73. The Hall–Kier alpha value is -1.37. The molecule has 0 saturated heterocycles. The number of allylic oxidation sites excluding steroid dienone is 1. The molecular weight excluding hydrogens is 336 g/mol.